The van der Waals surface area contributed by atoms with E-state index < -0.39 is 0 Å². The molecule has 28 heavy (non-hydrogen) atoms. The maximum atomic E-state index is 12.7. The monoisotopic (exact) mass is 405 g/mol. The zero-order valence-electron chi connectivity index (χ0n) is 17.8. The number of piperidine rings is 1. The molecule has 0 radical (unpaired) electrons. The number of hydrogen-bond acceptors (Lipinski definition) is 4. The first-order valence-corrected chi connectivity index (χ1v) is 10.5. The van der Waals surface area contributed by atoms with Crippen molar-refractivity contribution in [2.24, 2.45) is 0 Å². The van der Waals surface area contributed by atoms with Crippen LogP contribution in [-0.2, 0) is 4.74 Å². The van der Waals surface area contributed by atoms with Gasteiger partial charge in [-0.3, -0.25) is 4.90 Å². The van der Waals surface area contributed by atoms with E-state index in [0.717, 1.165) is 42.7 Å². The highest BCUT2D eigenvalue weighted by molar-refractivity contribution is 6.31. The highest BCUT2D eigenvalue weighted by Gasteiger charge is 2.28. The van der Waals surface area contributed by atoms with Crippen LogP contribution in [0.15, 0.2) is 18.3 Å². The Kier molecular flexibility index (Phi) is 6.37. The summed E-state index contributed by atoms with van der Waals surface area (Å²) in [5.74, 6) is -0.271. The maximum Gasteiger partial charge on any atom is 0.338 e. The minimum absolute atomic E-state index is 0.149. The van der Waals surface area contributed by atoms with Crippen molar-refractivity contribution >= 4 is 23.1 Å². The third-order valence-corrected chi connectivity index (χ3v) is 6.10. The van der Waals surface area contributed by atoms with Gasteiger partial charge in [-0.25, -0.2) is 4.79 Å². The van der Waals surface area contributed by atoms with Crippen LogP contribution in [0.2, 0.25) is 5.02 Å². The fourth-order valence-electron chi connectivity index (χ4n) is 4.31. The van der Waals surface area contributed by atoms with Gasteiger partial charge in [0.2, 0.25) is 0 Å². The zero-order valence-corrected chi connectivity index (χ0v) is 18.6. The second kappa shape index (κ2) is 8.44. The molecule has 0 aliphatic carbocycles. The van der Waals surface area contributed by atoms with E-state index in [2.05, 4.69) is 35.2 Å². The van der Waals surface area contributed by atoms with Gasteiger partial charge in [-0.15, -0.1) is 0 Å². The number of carbonyl (C=O) groups is 1. The van der Waals surface area contributed by atoms with Crippen LogP contribution in [-0.4, -0.2) is 59.5 Å². The zero-order chi connectivity index (χ0) is 20.6. The summed E-state index contributed by atoms with van der Waals surface area (Å²) in [6.45, 7) is 10.1. The van der Waals surface area contributed by atoms with Crippen molar-refractivity contribution in [1.82, 2.24) is 14.2 Å². The molecule has 5 nitrogen and oxygen atoms in total. The number of fused-ring (bicyclic) bond motifs is 1. The van der Waals surface area contributed by atoms with Gasteiger partial charge in [-0.2, -0.15) is 0 Å². The molecule has 1 atom stereocenters. The molecule has 0 bridgehead atoms. The summed E-state index contributed by atoms with van der Waals surface area (Å²) in [6, 6.07) is 4.61. The largest absolute Gasteiger partial charge is 0.459 e. The smallest absolute Gasteiger partial charge is 0.338 e. The first-order chi connectivity index (χ1) is 13.2. The molecule has 0 aromatic carbocycles. The minimum atomic E-state index is -0.271. The molecule has 1 fully saturated rings. The van der Waals surface area contributed by atoms with Crippen LogP contribution in [0.5, 0.6) is 0 Å². The Bertz CT molecular complexity index is 851. The second-order valence-corrected chi connectivity index (χ2v) is 8.82. The van der Waals surface area contributed by atoms with Crippen LogP contribution in [0.1, 0.15) is 61.3 Å². The van der Waals surface area contributed by atoms with Gasteiger partial charge in [0.05, 0.1) is 16.7 Å². The quantitative estimate of drug-likeness (QED) is 0.683. The van der Waals surface area contributed by atoms with E-state index in [-0.39, 0.29) is 18.1 Å². The summed E-state index contributed by atoms with van der Waals surface area (Å²) < 4.78 is 7.62. The van der Waals surface area contributed by atoms with Crippen LogP contribution in [0.4, 0.5) is 0 Å². The SMILES string of the molecule is Cc1c(C(=O)OC(C)C)cc2cc(Cl)cn2c1C(C)N1CCC(N(C)C)CC1. The summed E-state index contributed by atoms with van der Waals surface area (Å²) in [7, 11) is 4.31. The minimum Gasteiger partial charge on any atom is -0.459 e. The third-order valence-electron chi connectivity index (χ3n) is 5.89. The number of carbonyl (C=O) groups excluding carboxylic acids is 1. The van der Waals surface area contributed by atoms with E-state index in [1.807, 2.05) is 39.1 Å². The van der Waals surface area contributed by atoms with Gasteiger partial charge < -0.3 is 14.0 Å². The van der Waals surface area contributed by atoms with Crippen LogP contribution in [0.25, 0.3) is 5.52 Å². The molecule has 0 spiro atoms. The lowest BCUT2D eigenvalue weighted by atomic mass is 9.98. The van der Waals surface area contributed by atoms with E-state index in [9.17, 15) is 4.79 Å². The van der Waals surface area contributed by atoms with Gasteiger partial charge in [-0.1, -0.05) is 11.6 Å². The lowest BCUT2D eigenvalue weighted by molar-refractivity contribution is 0.0376. The molecule has 2 aromatic heterocycles. The third kappa shape index (κ3) is 4.22. The van der Waals surface area contributed by atoms with Gasteiger partial charge in [0.25, 0.3) is 0 Å². The fraction of sp³-hybridized carbons (Fsp3) is 0.591. The summed E-state index contributed by atoms with van der Waals surface area (Å²) in [4.78, 5) is 17.5. The number of ether oxygens (including phenoxy) is 1. The number of pyridine rings is 1. The Morgan fingerprint density at radius 1 is 1.21 bits per heavy atom. The van der Waals surface area contributed by atoms with Gasteiger partial charge in [0.15, 0.2) is 0 Å². The van der Waals surface area contributed by atoms with E-state index in [0.29, 0.717) is 16.6 Å². The van der Waals surface area contributed by atoms with Gasteiger partial charge in [0, 0.05) is 42.6 Å². The molecule has 0 saturated carbocycles. The lowest BCUT2D eigenvalue weighted by Crippen LogP contribution is -2.43. The van der Waals surface area contributed by atoms with Crippen molar-refractivity contribution in [2.45, 2.75) is 58.7 Å². The number of rotatable bonds is 5. The first-order valence-electron chi connectivity index (χ1n) is 10.1. The van der Waals surface area contributed by atoms with E-state index >= 15 is 0 Å². The number of hydrogen-bond donors (Lipinski definition) is 0. The van der Waals surface area contributed by atoms with E-state index in [1.165, 1.54) is 0 Å². The van der Waals surface area contributed by atoms with Crippen LogP contribution < -0.4 is 0 Å². The molecule has 1 aliphatic rings. The van der Waals surface area contributed by atoms with Crippen LogP contribution in [0.3, 0.4) is 0 Å². The first kappa shape index (κ1) is 21.2. The Hall–Kier alpha value is -1.56. The highest BCUT2D eigenvalue weighted by atomic mass is 35.5. The second-order valence-electron chi connectivity index (χ2n) is 8.38. The summed E-state index contributed by atoms with van der Waals surface area (Å²) in [6.07, 6.45) is 4.10. The molecular weight excluding hydrogens is 374 g/mol. The number of halogens is 1. The Balaban J connectivity index is 1.99. The fourth-order valence-corrected chi connectivity index (χ4v) is 4.52. The maximum absolute atomic E-state index is 12.7. The number of nitrogens with zero attached hydrogens (tertiary/aromatic N) is 3. The van der Waals surface area contributed by atoms with E-state index in [4.69, 9.17) is 16.3 Å². The average Bonchev–Trinajstić information content (AvgIpc) is 2.99. The summed E-state index contributed by atoms with van der Waals surface area (Å²) >= 11 is 6.31. The molecule has 154 valence electrons. The molecule has 1 unspecified atom stereocenters. The predicted octanol–water partition coefficient (Wildman–Crippen LogP) is 4.55. The number of aromatic nitrogens is 1. The molecule has 6 heteroatoms. The number of esters is 1. The standard InChI is InChI=1S/C22H32ClN3O2/c1-14(2)28-22(27)20-12-19-11-17(23)13-26(19)21(15(20)3)16(4)25-9-7-18(8-10-25)24(5)6/h11-14,16,18H,7-10H2,1-6H3. The average molecular weight is 406 g/mol. The van der Waals surface area contributed by atoms with Gasteiger partial charge in [0.1, 0.15) is 0 Å². The molecular formula is C22H32ClN3O2. The number of likely N-dealkylation sites (tertiary alicyclic amines) is 1. The summed E-state index contributed by atoms with van der Waals surface area (Å²) in [5, 5.41) is 0.675. The van der Waals surface area contributed by atoms with Crippen LogP contribution >= 0.6 is 11.6 Å². The molecule has 3 rings (SSSR count). The van der Waals surface area contributed by atoms with Crippen molar-refractivity contribution in [3.63, 3.8) is 0 Å². The summed E-state index contributed by atoms with van der Waals surface area (Å²) in [5.41, 5.74) is 3.63. The lowest BCUT2D eigenvalue weighted by Gasteiger charge is -2.39. The Morgan fingerprint density at radius 2 is 1.86 bits per heavy atom. The van der Waals surface area contributed by atoms with E-state index in [1.54, 1.807) is 0 Å². The van der Waals surface area contributed by atoms with Crippen LogP contribution in [0, 0.1) is 6.92 Å². The van der Waals surface area contributed by atoms with Crippen molar-refractivity contribution in [3.05, 3.63) is 40.2 Å². The molecule has 2 aromatic rings. The normalized spacial score (nSPS) is 17.6. The molecule has 0 amide bonds. The molecule has 1 saturated heterocycles. The topological polar surface area (TPSA) is 37.2 Å². The molecule has 0 N–H and O–H groups in total. The Labute approximate surface area is 173 Å². The van der Waals surface area contributed by atoms with Gasteiger partial charge >= 0.3 is 5.97 Å². The molecule has 1 aliphatic heterocycles. The highest BCUT2D eigenvalue weighted by Crippen LogP contribution is 2.32. The van der Waals surface area contributed by atoms with Crippen molar-refractivity contribution in [1.29, 1.82) is 0 Å². The van der Waals surface area contributed by atoms with Crippen molar-refractivity contribution < 1.29 is 9.53 Å². The Morgan fingerprint density at radius 3 is 2.43 bits per heavy atom. The van der Waals surface area contributed by atoms with Gasteiger partial charge in [-0.05, 0) is 72.3 Å². The molecule has 3 heterocycles. The van der Waals surface area contributed by atoms with Crippen molar-refractivity contribution in [3.8, 4) is 0 Å². The van der Waals surface area contributed by atoms with Crippen molar-refractivity contribution in [2.75, 3.05) is 27.2 Å². The predicted molar refractivity (Wildman–Crippen MR) is 114 cm³/mol.